The van der Waals surface area contributed by atoms with E-state index in [0.717, 1.165) is 0 Å². The van der Waals surface area contributed by atoms with Gasteiger partial charge in [0.2, 0.25) is 0 Å². The van der Waals surface area contributed by atoms with Gasteiger partial charge in [-0.05, 0) is 24.1 Å². The molecular formula is C11H17Br. The van der Waals surface area contributed by atoms with Gasteiger partial charge in [-0.2, -0.15) is 0 Å². The summed E-state index contributed by atoms with van der Waals surface area (Å²) in [6.45, 7) is 6.20. The van der Waals surface area contributed by atoms with E-state index in [9.17, 15) is 0 Å². The Hall–Kier alpha value is -0.300. The van der Waals surface area contributed by atoms with Gasteiger partial charge in [0.1, 0.15) is 0 Å². The van der Waals surface area contributed by atoms with E-state index >= 15 is 0 Å². The average molecular weight is 229 g/mol. The molecule has 0 unspecified atom stereocenters. The van der Waals surface area contributed by atoms with Gasteiger partial charge < -0.3 is 0 Å². The summed E-state index contributed by atoms with van der Waals surface area (Å²) in [4.78, 5) is 0. The van der Waals surface area contributed by atoms with Crippen molar-refractivity contribution in [2.75, 3.05) is 0 Å². The van der Waals surface area contributed by atoms with E-state index in [4.69, 9.17) is 0 Å². The van der Waals surface area contributed by atoms with Gasteiger partial charge >= 0.3 is 0 Å². The van der Waals surface area contributed by atoms with Gasteiger partial charge in [-0.25, -0.2) is 0 Å². The minimum Gasteiger partial charge on any atom is -0.0683 e. The predicted octanol–water partition coefficient (Wildman–Crippen LogP) is 4.43. The maximum absolute atomic E-state index is 3.43. The second-order valence-corrected chi connectivity index (χ2v) is 3.30. The fourth-order valence-electron chi connectivity index (χ4n) is 0.981. The van der Waals surface area contributed by atoms with Crippen molar-refractivity contribution in [3.63, 3.8) is 0 Å². The number of hydrogen-bond donors (Lipinski definition) is 0. The van der Waals surface area contributed by atoms with Gasteiger partial charge in [0, 0.05) is 4.47 Å². The highest BCUT2D eigenvalue weighted by atomic mass is 79.9. The molecule has 0 saturated heterocycles. The van der Waals surface area contributed by atoms with Crippen LogP contribution in [0.3, 0.4) is 0 Å². The minimum atomic E-state index is 1.18. The van der Waals surface area contributed by atoms with Gasteiger partial charge in [0.05, 0.1) is 0 Å². The van der Waals surface area contributed by atoms with E-state index in [0.29, 0.717) is 0 Å². The lowest BCUT2D eigenvalue weighted by molar-refractivity contribution is 0.921. The molecule has 0 heterocycles. The minimum absolute atomic E-state index is 1.18. The van der Waals surface area contributed by atoms with Crippen molar-refractivity contribution < 1.29 is 0 Å². The molecule has 0 atom stereocenters. The van der Waals surface area contributed by atoms with Crippen LogP contribution in [0.25, 0.3) is 0 Å². The molecule has 12 heavy (non-hydrogen) atoms. The Bertz CT molecular complexity index is 206. The summed E-state index contributed by atoms with van der Waals surface area (Å²) in [5.41, 5.74) is 1.41. The summed E-state index contributed by atoms with van der Waals surface area (Å²) < 4.78 is 1.18. The molecule has 0 aliphatic rings. The van der Waals surface area contributed by atoms with Crippen LogP contribution in [-0.4, -0.2) is 0 Å². The molecular weight excluding hydrogens is 212 g/mol. The molecule has 0 aromatic heterocycles. The van der Waals surface area contributed by atoms with Crippen LogP contribution in [0.15, 0.2) is 28.7 Å². The first kappa shape index (κ1) is 11.7. The highest BCUT2D eigenvalue weighted by Crippen LogP contribution is 2.12. The van der Waals surface area contributed by atoms with Crippen LogP contribution in [0.2, 0.25) is 0 Å². The van der Waals surface area contributed by atoms with E-state index in [-0.39, 0.29) is 0 Å². The molecule has 0 aliphatic carbocycles. The number of hydrogen-bond acceptors (Lipinski definition) is 0. The molecule has 0 fully saturated rings. The maximum atomic E-state index is 3.43. The Morgan fingerprint density at radius 1 is 1.25 bits per heavy atom. The van der Waals surface area contributed by atoms with Gasteiger partial charge in [0.25, 0.3) is 0 Å². The number of rotatable bonds is 2. The first-order valence-corrected chi connectivity index (χ1v) is 5.36. The van der Waals surface area contributed by atoms with Crippen molar-refractivity contribution in [2.24, 2.45) is 0 Å². The van der Waals surface area contributed by atoms with E-state index in [1.807, 2.05) is 13.8 Å². The third-order valence-corrected chi connectivity index (χ3v) is 1.92. The molecule has 1 heteroatoms. The number of halogens is 1. The van der Waals surface area contributed by atoms with Gasteiger partial charge in [-0.15, -0.1) is 0 Å². The van der Waals surface area contributed by atoms with E-state index < -0.39 is 0 Å². The monoisotopic (exact) mass is 228 g/mol. The second kappa shape index (κ2) is 7.35. The molecule has 68 valence electrons. The van der Waals surface area contributed by atoms with Crippen molar-refractivity contribution in [2.45, 2.75) is 33.6 Å². The third-order valence-electron chi connectivity index (χ3n) is 1.43. The summed E-state index contributed by atoms with van der Waals surface area (Å²) >= 11 is 3.43. The van der Waals surface area contributed by atoms with Crippen LogP contribution < -0.4 is 0 Å². The Morgan fingerprint density at radius 2 is 1.92 bits per heavy atom. The third kappa shape index (κ3) is 4.55. The van der Waals surface area contributed by atoms with E-state index in [2.05, 4.69) is 47.1 Å². The maximum Gasteiger partial charge on any atom is 0.0177 e. The summed E-state index contributed by atoms with van der Waals surface area (Å²) in [6.07, 6.45) is 2.40. The molecule has 0 spiro atoms. The smallest absolute Gasteiger partial charge is 0.0177 e. The molecule has 0 N–H and O–H groups in total. The summed E-state index contributed by atoms with van der Waals surface area (Å²) in [6, 6.07) is 8.46. The molecule has 0 saturated carbocycles. The lowest BCUT2D eigenvalue weighted by Gasteiger charge is -1.96. The standard InChI is InChI=1S/C9H11Br.C2H6/c1-2-4-8-5-3-6-9(10)7-8;1-2/h3,5-7H,2,4H2,1H3;1-2H3. The summed E-state index contributed by atoms with van der Waals surface area (Å²) in [7, 11) is 0. The number of benzene rings is 1. The molecule has 0 aliphatic heterocycles. The van der Waals surface area contributed by atoms with Crippen molar-refractivity contribution >= 4 is 15.9 Å². The van der Waals surface area contributed by atoms with Crippen molar-refractivity contribution in [3.05, 3.63) is 34.3 Å². The molecule has 1 aromatic rings. The van der Waals surface area contributed by atoms with Gasteiger partial charge in [-0.1, -0.05) is 55.3 Å². The summed E-state index contributed by atoms with van der Waals surface area (Å²) in [5.74, 6) is 0. The topological polar surface area (TPSA) is 0 Å². The highest BCUT2D eigenvalue weighted by Gasteiger charge is 1.89. The van der Waals surface area contributed by atoms with Crippen molar-refractivity contribution in [3.8, 4) is 0 Å². The van der Waals surface area contributed by atoms with Crippen molar-refractivity contribution in [1.29, 1.82) is 0 Å². The predicted molar refractivity (Wildman–Crippen MR) is 59.5 cm³/mol. The Labute approximate surface area is 84.1 Å². The molecule has 0 bridgehead atoms. The molecule has 0 amide bonds. The zero-order valence-electron chi connectivity index (χ0n) is 8.10. The molecule has 0 radical (unpaired) electrons. The van der Waals surface area contributed by atoms with Gasteiger partial charge in [-0.3, -0.25) is 0 Å². The Morgan fingerprint density at radius 3 is 2.42 bits per heavy atom. The largest absolute Gasteiger partial charge is 0.0683 e. The first-order valence-electron chi connectivity index (χ1n) is 4.57. The van der Waals surface area contributed by atoms with Gasteiger partial charge in [0.15, 0.2) is 0 Å². The van der Waals surface area contributed by atoms with Crippen LogP contribution in [0, 0.1) is 0 Å². The Kier molecular flexibility index (Phi) is 7.17. The molecule has 1 aromatic carbocycles. The first-order chi connectivity index (χ1) is 5.83. The number of aryl methyl sites for hydroxylation is 1. The van der Waals surface area contributed by atoms with E-state index in [1.54, 1.807) is 0 Å². The fraction of sp³-hybridized carbons (Fsp3) is 0.455. The lowest BCUT2D eigenvalue weighted by Crippen LogP contribution is -1.80. The van der Waals surface area contributed by atoms with Crippen LogP contribution in [0.5, 0.6) is 0 Å². The van der Waals surface area contributed by atoms with Crippen LogP contribution in [0.4, 0.5) is 0 Å². The van der Waals surface area contributed by atoms with Crippen molar-refractivity contribution in [1.82, 2.24) is 0 Å². The van der Waals surface area contributed by atoms with Crippen LogP contribution >= 0.6 is 15.9 Å². The summed E-state index contributed by atoms with van der Waals surface area (Å²) in [5, 5.41) is 0. The van der Waals surface area contributed by atoms with Crippen LogP contribution in [-0.2, 0) is 6.42 Å². The van der Waals surface area contributed by atoms with Crippen LogP contribution in [0.1, 0.15) is 32.8 Å². The highest BCUT2D eigenvalue weighted by molar-refractivity contribution is 9.10. The molecule has 1 rings (SSSR count). The normalized spacial score (nSPS) is 8.67. The fourth-order valence-corrected chi connectivity index (χ4v) is 1.43. The molecule has 0 nitrogen and oxygen atoms in total. The SMILES string of the molecule is CC.CCCc1cccc(Br)c1. The quantitative estimate of drug-likeness (QED) is 0.703. The van der Waals surface area contributed by atoms with E-state index in [1.165, 1.54) is 22.9 Å². The zero-order chi connectivity index (χ0) is 9.40. The zero-order valence-corrected chi connectivity index (χ0v) is 9.69. The second-order valence-electron chi connectivity index (χ2n) is 2.38. The average Bonchev–Trinajstić information content (AvgIpc) is 2.09. The lowest BCUT2D eigenvalue weighted by atomic mass is 10.1. The Balaban J connectivity index is 0.000000561.